The molecule has 0 amide bonds. The first-order valence-corrected chi connectivity index (χ1v) is 5.18. The second kappa shape index (κ2) is 4.81. The van der Waals surface area contributed by atoms with Crippen molar-refractivity contribution < 1.29 is 14.3 Å². The van der Waals surface area contributed by atoms with Gasteiger partial charge in [-0.1, -0.05) is 20.8 Å². The molecule has 0 radical (unpaired) electrons. The second-order valence-electron chi connectivity index (χ2n) is 4.87. The number of methoxy groups -OCH3 is 1. The molecule has 1 aromatic heterocycles. The van der Waals surface area contributed by atoms with Gasteiger partial charge in [0, 0.05) is 13.5 Å². The van der Waals surface area contributed by atoms with E-state index in [9.17, 15) is 5.11 Å². The van der Waals surface area contributed by atoms with E-state index in [1.807, 2.05) is 32.9 Å². The van der Waals surface area contributed by atoms with Crippen LogP contribution in [0, 0.1) is 5.41 Å². The molecule has 1 rings (SSSR count). The number of ether oxygens (including phenoxy) is 1. The van der Waals surface area contributed by atoms with Gasteiger partial charge >= 0.3 is 0 Å². The average Bonchev–Trinajstić information content (AvgIpc) is 2.54. The Morgan fingerprint density at radius 1 is 1.47 bits per heavy atom. The minimum atomic E-state index is -0.541. The molecule has 2 unspecified atom stereocenters. The third-order valence-corrected chi connectivity index (χ3v) is 2.45. The van der Waals surface area contributed by atoms with Gasteiger partial charge < -0.3 is 14.3 Å². The van der Waals surface area contributed by atoms with Crippen LogP contribution >= 0.6 is 0 Å². The lowest BCUT2D eigenvalue weighted by molar-refractivity contribution is -0.0713. The number of hydrogen-bond acceptors (Lipinski definition) is 3. The third kappa shape index (κ3) is 3.36. The molecule has 1 N–H and O–H groups in total. The predicted octanol–water partition coefficient (Wildman–Crippen LogP) is 2.24. The summed E-state index contributed by atoms with van der Waals surface area (Å²) in [7, 11) is 1.63. The van der Waals surface area contributed by atoms with Crippen LogP contribution in [0.15, 0.2) is 22.8 Å². The number of hydrogen-bond donors (Lipinski definition) is 1. The maximum atomic E-state index is 10.0. The Hall–Kier alpha value is -0.800. The van der Waals surface area contributed by atoms with E-state index >= 15 is 0 Å². The van der Waals surface area contributed by atoms with Gasteiger partial charge in [0.25, 0.3) is 0 Å². The van der Waals surface area contributed by atoms with Crippen molar-refractivity contribution in [3.8, 4) is 0 Å². The normalized spacial score (nSPS) is 16.3. The van der Waals surface area contributed by atoms with E-state index in [0.717, 1.165) is 5.76 Å². The van der Waals surface area contributed by atoms with Gasteiger partial charge in [-0.2, -0.15) is 0 Å². The molecule has 0 aliphatic carbocycles. The predicted molar refractivity (Wildman–Crippen MR) is 58.7 cm³/mol. The van der Waals surface area contributed by atoms with Gasteiger partial charge in [0.15, 0.2) is 0 Å². The van der Waals surface area contributed by atoms with Crippen molar-refractivity contribution in [1.29, 1.82) is 0 Å². The highest BCUT2D eigenvalue weighted by molar-refractivity contribution is 5.01. The van der Waals surface area contributed by atoms with E-state index in [2.05, 4.69) is 0 Å². The maximum Gasteiger partial charge on any atom is 0.106 e. The first-order valence-electron chi connectivity index (χ1n) is 5.18. The van der Waals surface area contributed by atoms with Crippen LogP contribution in [-0.4, -0.2) is 24.4 Å². The highest BCUT2D eigenvalue weighted by Crippen LogP contribution is 2.26. The Morgan fingerprint density at radius 2 is 2.13 bits per heavy atom. The molecule has 15 heavy (non-hydrogen) atoms. The van der Waals surface area contributed by atoms with Gasteiger partial charge in [-0.05, 0) is 17.5 Å². The molecule has 3 nitrogen and oxygen atoms in total. The molecule has 0 aliphatic heterocycles. The summed E-state index contributed by atoms with van der Waals surface area (Å²) in [6.07, 6.45) is 1.37. The number of aliphatic hydroxyl groups is 1. The summed E-state index contributed by atoms with van der Waals surface area (Å²) in [4.78, 5) is 0. The van der Waals surface area contributed by atoms with Crippen LogP contribution in [-0.2, 0) is 11.2 Å². The highest BCUT2D eigenvalue weighted by Gasteiger charge is 2.31. The summed E-state index contributed by atoms with van der Waals surface area (Å²) in [5.41, 5.74) is -0.0826. The molecule has 0 saturated carbocycles. The fourth-order valence-electron chi connectivity index (χ4n) is 1.83. The van der Waals surface area contributed by atoms with E-state index in [1.54, 1.807) is 13.4 Å². The van der Waals surface area contributed by atoms with Gasteiger partial charge in [0.05, 0.1) is 18.5 Å². The summed E-state index contributed by atoms with van der Waals surface area (Å²) in [6, 6.07) is 3.68. The highest BCUT2D eigenvalue weighted by atomic mass is 16.5. The fourth-order valence-corrected chi connectivity index (χ4v) is 1.83. The lowest BCUT2D eigenvalue weighted by Crippen LogP contribution is -2.40. The van der Waals surface area contributed by atoms with Crippen LogP contribution in [0.5, 0.6) is 0 Å². The molecule has 0 saturated heterocycles. The van der Waals surface area contributed by atoms with Crippen molar-refractivity contribution in [2.24, 2.45) is 5.41 Å². The van der Waals surface area contributed by atoms with E-state index in [-0.39, 0.29) is 11.5 Å². The minimum Gasteiger partial charge on any atom is -0.469 e. The Bertz CT molecular complexity index is 272. The molecule has 3 heteroatoms. The van der Waals surface area contributed by atoms with Gasteiger partial charge in [-0.25, -0.2) is 0 Å². The van der Waals surface area contributed by atoms with Gasteiger partial charge in [0.2, 0.25) is 0 Å². The molecular formula is C12H20O3. The van der Waals surface area contributed by atoms with Gasteiger partial charge in [-0.15, -0.1) is 0 Å². The zero-order chi connectivity index (χ0) is 11.5. The fraction of sp³-hybridized carbons (Fsp3) is 0.667. The van der Waals surface area contributed by atoms with E-state index in [1.165, 1.54) is 0 Å². The number of furan rings is 1. The average molecular weight is 212 g/mol. The smallest absolute Gasteiger partial charge is 0.106 e. The summed E-state index contributed by atoms with van der Waals surface area (Å²) in [5, 5.41) is 10.0. The zero-order valence-electron chi connectivity index (χ0n) is 9.86. The molecule has 0 aromatic carbocycles. The minimum absolute atomic E-state index is 0.0826. The standard InChI is InChI=1S/C12H20O3/c1-12(2,3)11(14-4)10(13)8-9-6-5-7-15-9/h5-7,10-11,13H,8H2,1-4H3. The van der Waals surface area contributed by atoms with Crippen LogP contribution in [0.3, 0.4) is 0 Å². The quantitative estimate of drug-likeness (QED) is 0.832. The van der Waals surface area contributed by atoms with Crippen molar-refractivity contribution in [3.05, 3.63) is 24.2 Å². The first-order chi connectivity index (χ1) is 6.95. The van der Waals surface area contributed by atoms with E-state index in [4.69, 9.17) is 9.15 Å². The zero-order valence-corrected chi connectivity index (χ0v) is 9.86. The summed E-state index contributed by atoms with van der Waals surface area (Å²) < 4.78 is 10.5. The van der Waals surface area contributed by atoms with Crippen molar-refractivity contribution in [2.45, 2.75) is 39.4 Å². The summed E-state index contributed by atoms with van der Waals surface area (Å²) >= 11 is 0. The van der Waals surface area contributed by atoms with Gasteiger partial charge in [0.1, 0.15) is 5.76 Å². The SMILES string of the molecule is COC(C(O)Cc1ccco1)C(C)(C)C. The third-order valence-electron chi connectivity index (χ3n) is 2.45. The molecule has 2 atom stereocenters. The molecule has 0 spiro atoms. The topological polar surface area (TPSA) is 42.6 Å². The Labute approximate surface area is 91.1 Å². The largest absolute Gasteiger partial charge is 0.469 e. The van der Waals surface area contributed by atoms with Crippen LogP contribution in [0.4, 0.5) is 0 Å². The molecular weight excluding hydrogens is 192 g/mol. The number of rotatable bonds is 4. The van der Waals surface area contributed by atoms with Crippen molar-refractivity contribution in [2.75, 3.05) is 7.11 Å². The van der Waals surface area contributed by atoms with Crippen LogP contribution in [0.1, 0.15) is 26.5 Å². The molecule has 1 heterocycles. The second-order valence-corrected chi connectivity index (χ2v) is 4.87. The molecule has 0 aliphatic rings. The Balaban J connectivity index is 2.62. The monoisotopic (exact) mass is 212 g/mol. The van der Waals surface area contributed by atoms with Crippen LogP contribution in [0.25, 0.3) is 0 Å². The number of aliphatic hydroxyl groups excluding tert-OH is 1. The first kappa shape index (κ1) is 12.3. The van der Waals surface area contributed by atoms with E-state index < -0.39 is 6.10 Å². The summed E-state index contributed by atoms with van der Waals surface area (Å²) in [5.74, 6) is 0.786. The Kier molecular flexibility index (Phi) is 3.94. The van der Waals surface area contributed by atoms with Gasteiger partial charge in [-0.3, -0.25) is 0 Å². The molecule has 1 aromatic rings. The lowest BCUT2D eigenvalue weighted by atomic mass is 9.84. The molecule has 0 fully saturated rings. The van der Waals surface area contributed by atoms with Crippen molar-refractivity contribution in [3.63, 3.8) is 0 Å². The van der Waals surface area contributed by atoms with Crippen molar-refractivity contribution in [1.82, 2.24) is 0 Å². The summed E-state index contributed by atoms with van der Waals surface area (Å²) in [6.45, 7) is 6.14. The molecule has 0 bridgehead atoms. The maximum absolute atomic E-state index is 10.0. The van der Waals surface area contributed by atoms with Crippen LogP contribution < -0.4 is 0 Å². The van der Waals surface area contributed by atoms with E-state index in [0.29, 0.717) is 6.42 Å². The van der Waals surface area contributed by atoms with Crippen molar-refractivity contribution >= 4 is 0 Å². The lowest BCUT2D eigenvalue weighted by Gasteiger charge is -2.32. The Morgan fingerprint density at radius 3 is 2.53 bits per heavy atom. The molecule has 86 valence electrons. The van der Waals surface area contributed by atoms with Crippen LogP contribution in [0.2, 0.25) is 0 Å².